The van der Waals surface area contributed by atoms with Crippen LogP contribution in [0, 0.1) is 11.8 Å². The molecular weight excluding hydrogens is 176 g/mol. The van der Waals surface area contributed by atoms with Gasteiger partial charge in [-0.3, -0.25) is 0 Å². The second-order valence-electron chi connectivity index (χ2n) is 4.95. The highest BCUT2D eigenvalue weighted by Gasteiger charge is 2.43. The van der Waals surface area contributed by atoms with E-state index in [0.717, 1.165) is 24.8 Å². The maximum Gasteiger partial charge on any atom is 0.0935 e. The minimum atomic E-state index is -0.460. The summed E-state index contributed by atoms with van der Waals surface area (Å²) in [5, 5.41) is 10.2. The summed E-state index contributed by atoms with van der Waals surface area (Å²) in [6, 6.07) is 1.93. The zero-order chi connectivity index (χ0) is 10.2. The first kappa shape index (κ1) is 9.78. The van der Waals surface area contributed by atoms with Crippen molar-refractivity contribution in [3.63, 3.8) is 0 Å². The van der Waals surface area contributed by atoms with Crippen molar-refractivity contribution in [2.45, 2.75) is 38.7 Å². The van der Waals surface area contributed by atoms with Crippen molar-refractivity contribution in [2.24, 2.45) is 11.8 Å². The van der Waals surface area contributed by atoms with Gasteiger partial charge < -0.3 is 9.52 Å². The summed E-state index contributed by atoms with van der Waals surface area (Å²) in [6.45, 7) is 4.45. The first-order valence-electron chi connectivity index (χ1n) is 5.32. The molecule has 2 heteroatoms. The second kappa shape index (κ2) is 3.43. The Morgan fingerprint density at radius 3 is 2.79 bits per heavy atom. The lowest BCUT2D eigenvalue weighted by Gasteiger charge is -2.45. The van der Waals surface area contributed by atoms with Crippen molar-refractivity contribution < 1.29 is 9.52 Å². The summed E-state index contributed by atoms with van der Waals surface area (Å²) >= 11 is 0. The molecular formula is C12H18O2. The molecule has 0 saturated heterocycles. The van der Waals surface area contributed by atoms with Gasteiger partial charge in [-0.15, -0.1) is 0 Å². The monoisotopic (exact) mass is 194 g/mol. The Morgan fingerprint density at radius 2 is 2.29 bits per heavy atom. The van der Waals surface area contributed by atoms with Crippen LogP contribution in [-0.2, 0) is 6.42 Å². The highest BCUT2D eigenvalue weighted by molar-refractivity contribution is 5.12. The van der Waals surface area contributed by atoms with Crippen LogP contribution in [0.5, 0.6) is 0 Å². The van der Waals surface area contributed by atoms with Crippen LogP contribution in [0.25, 0.3) is 0 Å². The molecule has 1 aromatic rings. The SMILES string of the molecule is CC(C)C1CC(O)(Cc2ccoc2)C1. The maximum atomic E-state index is 10.2. The summed E-state index contributed by atoms with van der Waals surface area (Å²) in [5.41, 5.74) is 0.647. The van der Waals surface area contributed by atoms with E-state index in [4.69, 9.17) is 4.42 Å². The van der Waals surface area contributed by atoms with Crippen molar-refractivity contribution >= 4 is 0 Å². The fraction of sp³-hybridized carbons (Fsp3) is 0.667. The van der Waals surface area contributed by atoms with Crippen LogP contribution in [0.1, 0.15) is 32.3 Å². The summed E-state index contributed by atoms with van der Waals surface area (Å²) in [5.74, 6) is 1.39. The van der Waals surface area contributed by atoms with Gasteiger partial charge in [0.1, 0.15) is 0 Å². The highest BCUT2D eigenvalue weighted by atomic mass is 16.3. The number of hydrogen-bond donors (Lipinski definition) is 1. The molecule has 1 aromatic heterocycles. The van der Waals surface area contributed by atoms with Crippen LogP contribution in [0.2, 0.25) is 0 Å². The molecule has 14 heavy (non-hydrogen) atoms. The Labute approximate surface area is 84.9 Å². The third kappa shape index (κ3) is 1.85. The van der Waals surface area contributed by atoms with Crippen LogP contribution in [0.3, 0.4) is 0 Å². The third-order valence-electron chi connectivity index (χ3n) is 3.34. The number of rotatable bonds is 3. The lowest BCUT2D eigenvalue weighted by atomic mass is 9.64. The summed E-state index contributed by atoms with van der Waals surface area (Å²) < 4.78 is 4.99. The van der Waals surface area contributed by atoms with Crippen LogP contribution in [0.15, 0.2) is 23.0 Å². The van der Waals surface area contributed by atoms with E-state index < -0.39 is 5.60 Å². The molecule has 0 aromatic carbocycles. The topological polar surface area (TPSA) is 33.4 Å². The Kier molecular flexibility index (Phi) is 2.40. The Morgan fingerprint density at radius 1 is 1.57 bits per heavy atom. The molecule has 0 bridgehead atoms. The zero-order valence-electron chi connectivity index (χ0n) is 8.86. The van der Waals surface area contributed by atoms with E-state index in [1.165, 1.54) is 0 Å². The Bertz CT molecular complexity index is 281. The number of furan rings is 1. The molecule has 1 N–H and O–H groups in total. The van der Waals surface area contributed by atoms with E-state index in [-0.39, 0.29) is 0 Å². The smallest absolute Gasteiger partial charge is 0.0935 e. The summed E-state index contributed by atoms with van der Waals surface area (Å²) in [4.78, 5) is 0. The largest absolute Gasteiger partial charge is 0.472 e. The molecule has 0 atom stereocenters. The van der Waals surface area contributed by atoms with Crippen LogP contribution in [0.4, 0.5) is 0 Å². The molecule has 0 aliphatic heterocycles. The Hall–Kier alpha value is -0.760. The van der Waals surface area contributed by atoms with Gasteiger partial charge in [0.05, 0.1) is 18.1 Å². The molecule has 2 nitrogen and oxygen atoms in total. The van der Waals surface area contributed by atoms with Crippen LogP contribution >= 0.6 is 0 Å². The molecule has 1 aliphatic rings. The van der Waals surface area contributed by atoms with Gasteiger partial charge in [0.25, 0.3) is 0 Å². The van der Waals surface area contributed by atoms with Gasteiger partial charge in [-0.05, 0) is 36.3 Å². The van der Waals surface area contributed by atoms with Gasteiger partial charge in [0.15, 0.2) is 0 Å². The fourth-order valence-corrected chi connectivity index (χ4v) is 2.31. The van der Waals surface area contributed by atoms with Gasteiger partial charge in [-0.25, -0.2) is 0 Å². The van der Waals surface area contributed by atoms with Crippen molar-refractivity contribution in [3.8, 4) is 0 Å². The lowest BCUT2D eigenvalue weighted by molar-refractivity contribution is -0.0860. The lowest BCUT2D eigenvalue weighted by Crippen LogP contribution is -2.47. The minimum absolute atomic E-state index is 0.460. The van der Waals surface area contributed by atoms with E-state index in [9.17, 15) is 5.11 Å². The van der Waals surface area contributed by atoms with Crippen molar-refractivity contribution in [1.82, 2.24) is 0 Å². The van der Waals surface area contributed by atoms with Crippen molar-refractivity contribution in [3.05, 3.63) is 24.2 Å². The summed E-state index contributed by atoms with van der Waals surface area (Å²) in [7, 11) is 0. The Balaban J connectivity index is 1.89. The average Bonchev–Trinajstić information content (AvgIpc) is 2.51. The molecule has 0 amide bonds. The third-order valence-corrected chi connectivity index (χ3v) is 3.34. The predicted molar refractivity (Wildman–Crippen MR) is 54.9 cm³/mol. The van der Waals surface area contributed by atoms with E-state index in [2.05, 4.69) is 13.8 Å². The molecule has 0 radical (unpaired) electrons. The predicted octanol–water partition coefficient (Wildman–Crippen LogP) is 2.62. The zero-order valence-corrected chi connectivity index (χ0v) is 8.86. The van der Waals surface area contributed by atoms with Crippen LogP contribution in [-0.4, -0.2) is 10.7 Å². The first-order chi connectivity index (χ1) is 6.59. The summed E-state index contributed by atoms with van der Waals surface area (Å²) in [6.07, 6.45) is 6.01. The normalized spacial score (nSPS) is 31.9. The van der Waals surface area contributed by atoms with Gasteiger partial charge in [0.2, 0.25) is 0 Å². The van der Waals surface area contributed by atoms with Gasteiger partial charge in [-0.1, -0.05) is 13.8 Å². The molecule has 0 unspecified atom stereocenters. The van der Waals surface area contributed by atoms with Crippen molar-refractivity contribution in [1.29, 1.82) is 0 Å². The number of hydrogen-bond acceptors (Lipinski definition) is 2. The quantitative estimate of drug-likeness (QED) is 0.802. The van der Waals surface area contributed by atoms with Gasteiger partial charge >= 0.3 is 0 Å². The molecule has 0 spiro atoms. The second-order valence-corrected chi connectivity index (χ2v) is 4.95. The molecule has 1 fully saturated rings. The molecule has 1 heterocycles. The van der Waals surface area contributed by atoms with E-state index in [0.29, 0.717) is 11.8 Å². The first-order valence-corrected chi connectivity index (χ1v) is 5.32. The average molecular weight is 194 g/mol. The van der Waals surface area contributed by atoms with Gasteiger partial charge in [-0.2, -0.15) is 0 Å². The van der Waals surface area contributed by atoms with Crippen LogP contribution < -0.4 is 0 Å². The highest BCUT2D eigenvalue weighted by Crippen LogP contribution is 2.43. The van der Waals surface area contributed by atoms with E-state index in [1.54, 1.807) is 12.5 Å². The van der Waals surface area contributed by atoms with Gasteiger partial charge in [0, 0.05) is 6.42 Å². The number of aliphatic hydroxyl groups is 1. The molecule has 2 rings (SSSR count). The standard InChI is InChI=1S/C12H18O2/c1-9(2)11-6-12(13,7-11)5-10-3-4-14-8-10/h3-4,8-9,11,13H,5-7H2,1-2H3. The molecule has 78 valence electrons. The molecule has 1 saturated carbocycles. The maximum absolute atomic E-state index is 10.2. The molecule has 1 aliphatic carbocycles. The fourth-order valence-electron chi connectivity index (χ4n) is 2.31. The minimum Gasteiger partial charge on any atom is -0.472 e. The van der Waals surface area contributed by atoms with E-state index >= 15 is 0 Å². The van der Waals surface area contributed by atoms with Crippen molar-refractivity contribution in [2.75, 3.05) is 0 Å². The van der Waals surface area contributed by atoms with E-state index in [1.807, 2.05) is 6.07 Å².